The highest BCUT2D eigenvalue weighted by Gasteiger charge is 2.31. The summed E-state index contributed by atoms with van der Waals surface area (Å²) < 4.78 is 17.1. The van der Waals surface area contributed by atoms with E-state index in [0.717, 1.165) is 11.1 Å². The summed E-state index contributed by atoms with van der Waals surface area (Å²) in [7, 11) is 0. The smallest absolute Gasteiger partial charge is 0.305 e. The van der Waals surface area contributed by atoms with Gasteiger partial charge in [0.1, 0.15) is 10.9 Å². The zero-order chi connectivity index (χ0) is 25.4. The predicted octanol–water partition coefficient (Wildman–Crippen LogP) is 6.52. The lowest BCUT2D eigenvalue weighted by molar-refractivity contribution is -0.143. The monoisotopic (exact) mass is 553 g/mol. The summed E-state index contributed by atoms with van der Waals surface area (Å²) in [5.41, 5.74) is 1.58. The normalized spacial score (nSPS) is 14.5. The SMILES string of the molecule is CCOC(=O)CCCN1C(=O)/C(=C/c2ccc(OCc3ccc(Cl)cc3Cl)c(OCC)c2)SC1=S. The standard InChI is InChI=1S/C25H25Cl2NO5S2/c1-3-31-21-12-16(7-10-20(21)33-15-17-8-9-18(26)14-19(17)27)13-22-24(30)28(25(34)35-22)11-5-6-23(29)32-4-2/h7-10,12-14H,3-6,11,15H2,1-2H3/b22-13-. The Morgan fingerprint density at radius 2 is 1.89 bits per heavy atom. The number of hydrogen-bond donors (Lipinski definition) is 0. The minimum absolute atomic E-state index is 0.181. The van der Waals surface area contributed by atoms with Gasteiger partial charge in [0, 0.05) is 28.6 Å². The maximum atomic E-state index is 12.9. The Labute approximate surface area is 224 Å². The maximum Gasteiger partial charge on any atom is 0.305 e. The van der Waals surface area contributed by atoms with E-state index in [-0.39, 0.29) is 24.9 Å². The van der Waals surface area contributed by atoms with E-state index in [4.69, 9.17) is 49.6 Å². The van der Waals surface area contributed by atoms with Crippen LogP contribution in [0.3, 0.4) is 0 Å². The van der Waals surface area contributed by atoms with Gasteiger partial charge >= 0.3 is 5.97 Å². The number of rotatable bonds is 11. The average Bonchev–Trinajstić information content (AvgIpc) is 3.07. The van der Waals surface area contributed by atoms with Crippen LogP contribution in [-0.2, 0) is 20.9 Å². The molecule has 186 valence electrons. The number of carbonyl (C=O) groups is 2. The van der Waals surface area contributed by atoms with Crippen LogP contribution in [0.1, 0.15) is 37.8 Å². The van der Waals surface area contributed by atoms with Crippen LogP contribution in [0.5, 0.6) is 11.5 Å². The van der Waals surface area contributed by atoms with Crippen molar-refractivity contribution in [1.82, 2.24) is 4.90 Å². The topological polar surface area (TPSA) is 65.1 Å². The van der Waals surface area contributed by atoms with Crippen LogP contribution >= 0.6 is 47.2 Å². The third-order valence-corrected chi connectivity index (χ3v) is 6.87. The number of nitrogens with zero attached hydrogens (tertiary/aromatic N) is 1. The summed E-state index contributed by atoms with van der Waals surface area (Å²) in [5, 5.41) is 1.08. The Balaban J connectivity index is 1.69. The molecule has 1 aliphatic heterocycles. The van der Waals surface area contributed by atoms with Crippen molar-refractivity contribution in [3.05, 3.63) is 62.5 Å². The molecule has 1 heterocycles. The molecule has 1 aliphatic rings. The predicted molar refractivity (Wildman–Crippen MR) is 144 cm³/mol. The third-order valence-electron chi connectivity index (χ3n) is 4.91. The molecule has 35 heavy (non-hydrogen) atoms. The highest BCUT2D eigenvalue weighted by Crippen LogP contribution is 2.35. The van der Waals surface area contributed by atoms with Crippen molar-refractivity contribution in [2.24, 2.45) is 0 Å². The van der Waals surface area contributed by atoms with Crippen LogP contribution in [0.2, 0.25) is 10.0 Å². The molecule has 1 amide bonds. The van der Waals surface area contributed by atoms with Gasteiger partial charge in [0.05, 0.1) is 18.1 Å². The molecule has 0 aromatic heterocycles. The Bertz CT molecular complexity index is 1140. The van der Waals surface area contributed by atoms with Gasteiger partial charge in [0.2, 0.25) is 0 Å². The van der Waals surface area contributed by atoms with Gasteiger partial charge < -0.3 is 14.2 Å². The molecule has 0 atom stereocenters. The minimum atomic E-state index is -0.280. The molecule has 0 aliphatic carbocycles. The fraction of sp³-hybridized carbons (Fsp3) is 0.320. The summed E-state index contributed by atoms with van der Waals surface area (Å²) in [6, 6.07) is 10.7. The first-order valence-corrected chi connectivity index (χ1v) is 13.0. The van der Waals surface area contributed by atoms with Crippen molar-refractivity contribution < 1.29 is 23.8 Å². The van der Waals surface area contributed by atoms with Crippen LogP contribution < -0.4 is 9.47 Å². The van der Waals surface area contributed by atoms with Crippen molar-refractivity contribution in [2.45, 2.75) is 33.3 Å². The summed E-state index contributed by atoms with van der Waals surface area (Å²) in [6.07, 6.45) is 2.49. The van der Waals surface area contributed by atoms with Crippen molar-refractivity contribution in [3.63, 3.8) is 0 Å². The van der Waals surface area contributed by atoms with E-state index >= 15 is 0 Å². The van der Waals surface area contributed by atoms with Crippen molar-refractivity contribution >= 4 is 69.5 Å². The number of benzene rings is 2. The Kier molecular flexibility index (Phi) is 10.3. The fourth-order valence-electron chi connectivity index (χ4n) is 3.26. The summed E-state index contributed by atoms with van der Waals surface area (Å²) in [5.74, 6) is 0.648. The number of carbonyl (C=O) groups excluding carboxylic acids is 2. The molecule has 6 nitrogen and oxygen atoms in total. The second-order valence-corrected chi connectivity index (χ2v) is 9.92. The van der Waals surface area contributed by atoms with E-state index in [9.17, 15) is 9.59 Å². The number of thiocarbonyl (C=S) groups is 1. The minimum Gasteiger partial charge on any atom is -0.490 e. The molecule has 0 spiro atoms. The molecule has 10 heteroatoms. The lowest BCUT2D eigenvalue weighted by Crippen LogP contribution is -2.29. The second-order valence-electron chi connectivity index (χ2n) is 7.41. The lowest BCUT2D eigenvalue weighted by atomic mass is 10.1. The van der Waals surface area contributed by atoms with Crippen LogP contribution in [0.4, 0.5) is 0 Å². The van der Waals surface area contributed by atoms with Crippen LogP contribution in [-0.4, -0.2) is 40.9 Å². The van der Waals surface area contributed by atoms with Crippen LogP contribution in [0.15, 0.2) is 41.3 Å². The number of halogens is 2. The number of amides is 1. The van der Waals surface area contributed by atoms with Gasteiger partial charge in [0.15, 0.2) is 11.5 Å². The van der Waals surface area contributed by atoms with E-state index in [1.807, 2.05) is 25.1 Å². The van der Waals surface area contributed by atoms with Crippen molar-refractivity contribution in [1.29, 1.82) is 0 Å². The van der Waals surface area contributed by atoms with Crippen LogP contribution in [0, 0.1) is 0 Å². The van der Waals surface area contributed by atoms with Crippen LogP contribution in [0.25, 0.3) is 6.08 Å². The second kappa shape index (κ2) is 13.2. The van der Waals surface area contributed by atoms with Gasteiger partial charge in [-0.2, -0.15) is 0 Å². The zero-order valence-electron chi connectivity index (χ0n) is 19.3. The molecule has 0 saturated carbocycles. The van der Waals surface area contributed by atoms with Crippen molar-refractivity contribution in [2.75, 3.05) is 19.8 Å². The highest BCUT2D eigenvalue weighted by atomic mass is 35.5. The Hall–Kier alpha value is -2.26. The summed E-state index contributed by atoms with van der Waals surface area (Å²) >= 11 is 18.8. The van der Waals surface area contributed by atoms with E-state index in [0.29, 0.717) is 56.9 Å². The van der Waals surface area contributed by atoms with Crippen molar-refractivity contribution in [3.8, 4) is 11.5 Å². The lowest BCUT2D eigenvalue weighted by Gasteiger charge is -2.14. The van der Waals surface area contributed by atoms with Gasteiger partial charge in [-0.3, -0.25) is 14.5 Å². The number of esters is 1. The first-order valence-electron chi connectivity index (χ1n) is 11.1. The number of ether oxygens (including phenoxy) is 3. The fourth-order valence-corrected chi connectivity index (χ4v) is 5.03. The molecule has 1 saturated heterocycles. The zero-order valence-corrected chi connectivity index (χ0v) is 22.5. The van der Waals surface area contributed by atoms with Gasteiger partial charge in [-0.1, -0.05) is 59.3 Å². The quantitative estimate of drug-likeness (QED) is 0.178. The van der Waals surface area contributed by atoms with E-state index in [1.165, 1.54) is 16.7 Å². The third kappa shape index (κ3) is 7.61. The molecule has 0 N–H and O–H groups in total. The molecule has 0 radical (unpaired) electrons. The molecule has 2 aromatic carbocycles. The van der Waals surface area contributed by atoms with Gasteiger partial charge in [-0.25, -0.2) is 0 Å². The maximum absolute atomic E-state index is 12.9. The molecule has 1 fully saturated rings. The average molecular weight is 555 g/mol. The molecular weight excluding hydrogens is 529 g/mol. The van der Waals surface area contributed by atoms with E-state index in [2.05, 4.69) is 0 Å². The first kappa shape index (κ1) is 27.3. The van der Waals surface area contributed by atoms with Gasteiger partial charge in [-0.05, 0) is 56.2 Å². The Morgan fingerprint density at radius 1 is 1.09 bits per heavy atom. The Morgan fingerprint density at radius 3 is 2.60 bits per heavy atom. The molecular formula is C25H25Cl2NO5S2. The molecule has 3 rings (SSSR count). The number of hydrogen-bond acceptors (Lipinski definition) is 7. The first-order chi connectivity index (χ1) is 16.8. The summed E-state index contributed by atoms with van der Waals surface area (Å²) in [4.78, 5) is 26.4. The molecule has 2 aromatic rings. The molecule has 0 bridgehead atoms. The highest BCUT2D eigenvalue weighted by molar-refractivity contribution is 8.26. The van der Waals surface area contributed by atoms with E-state index < -0.39 is 0 Å². The summed E-state index contributed by atoms with van der Waals surface area (Å²) in [6.45, 7) is 5.05. The van der Waals surface area contributed by atoms with Gasteiger partial charge in [0.25, 0.3) is 5.91 Å². The molecule has 0 unspecified atom stereocenters. The largest absolute Gasteiger partial charge is 0.490 e. The van der Waals surface area contributed by atoms with Gasteiger partial charge in [-0.15, -0.1) is 0 Å². The van der Waals surface area contributed by atoms with E-state index in [1.54, 1.807) is 31.2 Å². The number of thioether (sulfide) groups is 1.